The van der Waals surface area contributed by atoms with Crippen molar-refractivity contribution >= 4 is 0 Å². The summed E-state index contributed by atoms with van der Waals surface area (Å²) in [6.45, 7) is 6.56. The average Bonchev–Trinajstić information content (AvgIpc) is 2.48. The van der Waals surface area contributed by atoms with Crippen LogP contribution in [0.2, 0.25) is 0 Å². The second kappa shape index (κ2) is 7.05. The van der Waals surface area contributed by atoms with Crippen LogP contribution < -0.4 is 5.73 Å². The smallest absolute Gasteiger partial charge is 0.0491 e. The molecule has 19 heavy (non-hydrogen) atoms. The molecule has 3 heteroatoms. The van der Waals surface area contributed by atoms with Crippen molar-refractivity contribution in [1.29, 1.82) is 0 Å². The second-order valence-corrected chi connectivity index (χ2v) is 6.68. The van der Waals surface area contributed by atoms with Crippen LogP contribution in [0.15, 0.2) is 0 Å². The first kappa shape index (κ1) is 15.3. The van der Waals surface area contributed by atoms with E-state index in [0.29, 0.717) is 5.54 Å². The van der Waals surface area contributed by atoms with Crippen LogP contribution in [-0.2, 0) is 4.74 Å². The summed E-state index contributed by atoms with van der Waals surface area (Å²) in [6, 6.07) is 0. The fourth-order valence-corrected chi connectivity index (χ4v) is 4.22. The summed E-state index contributed by atoms with van der Waals surface area (Å²) < 4.78 is 5.30. The van der Waals surface area contributed by atoms with Gasteiger partial charge in [-0.05, 0) is 50.6 Å². The number of ether oxygens (including phenoxy) is 1. The summed E-state index contributed by atoms with van der Waals surface area (Å²) in [7, 11) is 1.82. The monoisotopic (exact) mass is 268 g/mol. The van der Waals surface area contributed by atoms with Crippen molar-refractivity contribution in [3.8, 4) is 0 Å². The lowest BCUT2D eigenvalue weighted by atomic mass is 9.73. The number of nitrogens with zero attached hydrogens (tertiary/aromatic N) is 1. The Bertz CT molecular complexity index is 263. The standard InChI is InChI=1S/C16H32N2O/c1-3-14-5-4-8-16(11-14,13-17)18-9-6-15(7-10-18)12-19-2/h14-15H,3-13,17H2,1-2H3. The minimum atomic E-state index is 0.316. The van der Waals surface area contributed by atoms with Crippen molar-refractivity contribution in [2.45, 2.75) is 57.4 Å². The van der Waals surface area contributed by atoms with Crippen LogP contribution in [-0.4, -0.2) is 43.8 Å². The Morgan fingerprint density at radius 3 is 2.53 bits per heavy atom. The molecule has 2 aliphatic rings. The van der Waals surface area contributed by atoms with Crippen LogP contribution in [0.5, 0.6) is 0 Å². The van der Waals surface area contributed by atoms with E-state index in [1.807, 2.05) is 7.11 Å². The molecular weight excluding hydrogens is 236 g/mol. The Morgan fingerprint density at radius 2 is 1.95 bits per heavy atom. The van der Waals surface area contributed by atoms with Crippen LogP contribution in [0.1, 0.15) is 51.9 Å². The maximum atomic E-state index is 6.21. The van der Waals surface area contributed by atoms with E-state index in [9.17, 15) is 0 Å². The largest absolute Gasteiger partial charge is 0.384 e. The minimum absolute atomic E-state index is 0.316. The van der Waals surface area contributed by atoms with Gasteiger partial charge in [-0.25, -0.2) is 0 Å². The molecule has 2 N–H and O–H groups in total. The number of rotatable bonds is 5. The van der Waals surface area contributed by atoms with E-state index in [1.165, 1.54) is 58.0 Å². The first-order valence-electron chi connectivity index (χ1n) is 8.18. The fraction of sp³-hybridized carbons (Fsp3) is 1.00. The third-order valence-electron chi connectivity index (χ3n) is 5.57. The number of methoxy groups -OCH3 is 1. The molecule has 0 bridgehead atoms. The second-order valence-electron chi connectivity index (χ2n) is 6.68. The van der Waals surface area contributed by atoms with Gasteiger partial charge in [0.15, 0.2) is 0 Å². The molecule has 1 heterocycles. The fourth-order valence-electron chi connectivity index (χ4n) is 4.22. The van der Waals surface area contributed by atoms with Gasteiger partial charge >= 0.3 is 0 Å². The quantitative estimate of drug-likeness (QED) is 0.833. The highest BCUT2D eigenvalue weighted by Crippen LogP contribution is 2.39. The zero-order valence-electron chi connectivity index (χ0n) is 12.9. The van der Waals surface area contributed by atoms with E-state index in [0.717, 1.165) is 25.0 Å². The maximum absolute atomic E-state index is 6.21. The lowest BCUT2D eigenvalue weighted by Crippen LogP contribution is -2.58. The zero-order chi connectivity index (χ0) is 13.7. The van der Waals surface area contributed by atoms with Gasteiger partial charge in [-0.2, -0.15) is 0 Å². The van der Waals surface area contributed by atoms with Crippen LogP contribution >= 0.6 is 0 Å². The van der Waals surface area contributed by atoms with Gasteiger partial charge in [-0.1, -0.05) is 26.2 Å². The molecule has 3 nitrogen and oxygen atoms in total. The Labute approximate surface area is 118 Å². The van der Waals surface area contributed by atoms with Crippen LogP contribution in [0.4, 0.5) is 0 Å². The molecule has 2 fully saturated rings. The summed E-state index contributed by atoms with van der Waals surface area (Å²) >= 11 is 0. The summed E-state index contributed by atoms with van der Waals surface area (Å²) in [6.07, 6.45) is 9.32. The molecule has 1 aliphatic carbocycles. The number of hydrogen-bond acceptors (Lipinski definition) is 3. The van der Waals surface area contributed by atoms with Gasteiger partial charge in [0, 0.05) is 25.8 Å². The van der Waals surface area contributed by atoms with Crippen molar-refractivity contribution in [1.82, 2.24) is 4.90 Å². The molecule has 2 rings (SSSR count). The highest BCUT2D eigenvalue weighted by Gasteiger charge is 2.40. The Kier molecular flexibility index (Phi) is 5.67. The third kappa shape index (κ3) is 3.50. The lowest BCUT2D eigenvalue weighted by molar-refractivity contribution is -0.00128. The van der Waals surface area contributed by atoms with E-state index in [1.54, 1.807) is 0 Å². The van der Waals surface area contributed by atoms with Gasteiger partial charge in [0.25, 0.3) is 0 Å². The normalized spacial score (nSPS) is 34.6. The molecular formula is C16H32N2O. The van der Waals surface area contributed by atoms with Crippen molar-refractivity contribution in [3.63, 3.8) is 0 Å². The molecule has 0 aromatic rings. The predicted molar refractivity (Wildman–Crippen MR) is 80.2 cm³/mol. The number of hydrogen-bond donors (Lipinski definition) is 1. The highest BCUT2D eigenvalue weighted by molar-refractivity contribution is 4.97. The van der Waals surface area contributed by atoms with Gasteiger partial charge in [-0.3, -0.25) is 4.90 Å². The number of nitrogens with two attached hydrogens (primary N) is 1. The van der Waals surface area contributed by atoms with E-state index in [4.69, 9.17) is 10.5 Å². The first-order valence-corrected chi connectivity index (χ1v) is 8.18. The van der Waals surface area contributed by atoms with Gasteiger partial charge in [0.1, 0.15) is 0 Å². The first-order chi connectivity index (χ1) is 9.24. The SMILES string of the molecule is CCC1CCCC(CN)(N2CCC(COC)CC2)C1. The molecule has 1 saturated heterocycles. The van der Waals surface area contributed by atoms with Gasteiger partial charge in [0.05, 0.1) is 0 Å². The number of likely N-dealkylation sites (tertiary alicyclic amines) is 1. The van der Waals surface area contributed by atoms with Crippen LogP contribution in [0, 0.1) is 11.8 Å². The van der Waals surface area contributed by atoms with Gasteiger partial charge < -0.3 is 10.5 Å². The lowest BCUT2D eigenvalue weighted by Gasteiger charge is -2.50. The summed E-state index contributed by atoms with van der Waals surface area (Å²) in [5.74, 6) is 1.66. The summed E-state index contributed by atoms with van der Waals surface area (Å²) in [4.78, 5) is 2.72. The van der Waals surface area contributed by atoms with Crippen molar-refractivity contribution in [2.24, 2.45) is 17.6 Å². The van der Waals surface area contributed by atoms with Crippen molar-refractivity contribution in [2.75, 3.05) is 33.4 Å². The molecule has 0 amide bonds. The minimum Gasteiger partial charge on any atom is -0.384 e. The van der Waals surface area contributed by atoms with E-state index in [2.05, 4.69) is 11.8 Å². The molecule has 1 saturated carbocycles. The molecule has 2 atom stereocenters. The topological polar surface area (TPSA) is 38.5 Å². The van der Waals surface area contributed by atoms with E-state index >= 15 is 0 Å². The molecule has 2 unspecified atom stereocenters. The highest BCUT2D eigenvalue weighted by atomic mass is 16.5. The molecule has 0 aromatic carbocycles. The predicted octanol–water partition coefficient (Wildman–Crippen LogP) is 2.64. The van der Waals surface area contributed by atoms with Gasteiger partial charge in [-0.15, -0.1) is 0 Å². The molecule has 0 spiro atoms. The molecule has 0 aromatic heterocycles. The molecule has 112 valence electrons. The van der Waals surface area contributed by atoms with E-state index < -0.39 is 0 Å². The molecule has 0 radical (unpaired) electrons. The van der Waals surface area contributed by atoms with E-state index in [-0.39, 0.29) is 0 Å². The summed E-state index contributed by atoms with van der Waals surface area (Å²) in [5.41, 5.74) is 6.53. The summed E-state index contributed by atoms with van der Waals surface area (Å²) in [5, 5.41) is 0. The number of piperidine rings is 1. The Balaban J connectivity index is 1.94. The average molecular weight is 268 g/mol. The van der Waals surface area contributed by atoms with Crippen molar-refractivity contribution in [3.05, 3.63) is 0 Å². The third-order valence-corrected chi connectivity index (χ3v) is 5.57. The maximum Gasteiger partial charge on any atom is 0.0491 e. The van der Waals surface area contributed by atoms with Crippen LogP contribution in [0.3, 0.4) is 0 Å². The van der Waals surface area contributed by atoms with Gasteiger partial charge in [0.2, 0.25) is 0 Å². The zero-order valence-corrected chi connectivity index (χ0v) is 12.9. The Hall–Kier alpha value is -0.120. The van der Waals surface area contributed by atoms with Crippen molar-refractivity contribution < 1.29 is 4.74 Å². The molecule has 1 aliphatic heterocycles. The van der Waals surface area contributed by atoms with Crippen LogP contribution in [0.25, 0.3) is 0 Å². The Morgan fingerprint density at radius 1 is 1.21 bits per heavy atom.